The van der Waals surface area contributed by atoms with E-state index >= 15 is 0 Å². The van der Waals surface area contributed by atoms with Gasteiger partial charge in [0, 0.05) is 156 Å². The molecule has 0 spiro atoms. The molecule has 6 N–H and O–H groups in total. The number of piperidine rings is 3. The van der Waals surface area contributed by atoms with Gasteiger partial charge in [0.05, 0.1) is 59.0 Å². The van der Waals surface area contributed by atoms with Crippen molar-refractivity contribution >= 4 is 17.9 Å². The SMILES string of the molecule is [2H]C([2H])([2H])C([2H])(C)C([2H])([2H])C1([2H])C([2H])([2H])N2C([2H])([2H])C([2H])([2H])c3cc(OC)c(OC)cc3C2([2H])C([2H])([2H])C1([2H])OC(=O)[C@@H](N)C(C)C.[2H]C([2H])([2H])Oc1cc2c(cc1OC)C1([2H])N(C([2H])([2H])C2([2H])[2H])C([2H])([2H])C([2H])(C([2H])([2H])C([2H])(C)C([2H])([2H])[2H])C([2H])(OC(=O)[C@@H](N)C(C)C)C1([2H])[2H].[2H]C([2H])([2H])Oc1cc2c(cc1OC)C1([2H])N(C([2H])([2H])C2([2H])[2H])C([2H])([2H])C([2H])(C([2H])([2H])C([2H])(C)C([2H])([2H])[2H])C([2H])(OC(=O)[C@@H](N)C(C)C)C1([2H])[2H]. The van der Waals surface area contributed by atoms with Crippen molar-refractivity contribution in [2.75, 3.05) is 81.5 Å². The molecule has 12 unspecified atom stereocenters. The summed E-state index contributed by atoms with van der Waals surface area (Å²) in [5.41, 5.74) is 11.8. The van der Waals surface area contributed by atoms with Gasteiger partial charge in [-0.1, -0.05) is 82.9 Å². The molecule has 15 atom stereocenters. The Bertz CT molecular complexity index is 5310. The van der Waals surface area contributed by atoms with Gasteiger partial charge in [0.2, 0.25) is 0 Å². The van der Waals surface area contributed by atoms with Gasteiger partial charge in [-0.2, -0.15) is 0 Å². The van der Waals surface area contributed by atoms with E-state index in [1.807, 2.05) is 0 Å². The van der Waals surface area contributed by atoms with Crippen LogP contribution in [0.2, 0.25) is 0 Å². The molecule has 3 saturated heterocycles. The summed E-state index contributed by atoms with van der Waals surface area (Å²) in [6.45, 7) is -27.1. The Morgan fingerprint density at radius 2 is 0.733 bits per heavy atom. The lowest BCUT2D eigenvalue weighted by atomic mass is 9.79. The minimum absolute atomic E-state index is 0.220. The normalized spacial score (nSPS) is 51.4. The summed E-state index contributed by atoms with van der Waals surface area (Å²) in [5.74, 6) is -35.6. The van der Waals surface area contributed by atoms with Crippen LogP contribution < -0.4 is 45.6 Å². The van der Waals surface area contributed by atoms with Gasteiger partial charge >= 0.3 is 17.9 Å². The number of methoxy groups -OCH3 is 6. The maximum Gasteiger partial charge on any atom is 0.323 e. The van der Waals surface area contributed by atoms with Gasteiger partial charge < -0.3 is 59.8 Å². The Morgan fingerprint density at radius 3 is 0.967 bits per heavy atom. The fourth-order valence-corrected chi connectivity index (χ4v) is 8.24. The molecule has 6 aliphatic heterocycles. The lowest BCUT2D eigenvalue weighted by Crippen LogP contribution is -2.51. The van der Waals surface area contributed by atoms with Gasteiger partial charge in [-0.15, -0.1) is 0 Å². The van der Waals surface area contributed by atoms with E-state index in [1.54, 1.807) is 0 Å². The first-order valence-electron chi connectivity index (χ1n) is 55.9. The summed E-state index contributed by atoms with van der Waals surface area (Å²) in [4.78, 5) is 38.7. The fourth-order valence-electron chi connectivity index (χ4n) is 8.24. The second-order valence-corrected chi connectivity index (χ2v) is 21.0. The van der Waals surface area contributed by atoms with Crippen molar-refractivity contribution in [2.24, 2.45) is 70.3 Å². The number of nitrogens with two attached hydrogens (primary N) is 3. The second-order valence-electron chi connectivity index (χ2n) is 21.0. The first-order valence-corrected chi connectivity index (χ1v) is 27.4. The predicted molar refractivity (Wildman–Crippen MR) is 353 cm³/mol. The number of hydrogen-bond donors (Lipinski definition) is 3. The molecule has 18 nitrogen and oxygen atoms in total. The first kappa shape index (κ1) is 27.2. The largest absolute Gasteiger partial charge is 0.493 e. The second kappa shape index (κ2) is 32.5. The van der Waals surface area contributed by atoms with E-state index in [9.17, 15) is 43.2 Å². The summed E-state index contributed by atoms with van der Waals surface area (Å²) < 4.78 is 543. The van der Waals surface area contributed by atoms with Gasteiger partial charge in [0.15, 0.2) is 34.5 Å². The highest BCUT2D eigenvalue weighted by molar-refractivity contribution is 5.77. The van der Waals surface area contributed by atoms with Gasteiger partial charge in [-0.05, 0) is 143 Å². The summed E-state index contributed by atoms with van der Waals surface area (Å²) in [6.07, 6.45) is -49.7. The molecule has 9 rings (SSSR count). The van der Waals surface area contributed by atoms with Crippen LogP contribution in [0.1, 0.15) is 251 Å². The molecule has 0 aliphatic carbocycles. The van der Waals surface area contributed by atoms with E-state index in [0.29, 0.717) is 45.0 Å². The van der Waals surface area contributed by atoms with Crippen molar-refractivity contribution in [3.63, 3.8) is 0 Å². The van der Waals surface area contributed by atoms with Crippen LogP contribution in [0.5, 0.6) is 34.5 Å². The minimum Gasteiger partial charge on any atom is -0.493 e. The van der Waals surface area contributed by atoms with Gasteiger partial charge in [-0.25, -0.2) is 0 Å². The maximum absolute atomic E-state index is 13.4. The maximum atomic E-state index is 13.4. The number of rotatable bonds is 21. The average molecular weight is 1310 g/mol. The average Bonchev–Trinajstić information content (AvgIpc) is 0.636. The van der Waals surface area contributed by atoms with Crippen LogP contribution in [-0.2, 0) is 47.7 Å². The quantitative estimate of drug-likeness (QED) is 0.0666. The third-order valence-electron chi connectivity index (χ3n) is 13.3. The molecule has 18 heteroatoms. The topological polar surface area (TPSA) is 222 Å². The van der Waals surface area contributed by atoms with E-state index in [0.717, 1.165) is 40.6 Å². The minimum atomic E-state index is -4.58. The molecule has 504 valence electrons. The van der Waals surface area contributed by atoms with E-state index in [4.69, 9.17) is 109 Å². The molecule has 0 aromatic heterocycles. The van der Waals surface area contributed by atoms with Crippen molar-refractivity contribution < 1.29 is 135 Å². The smallest absolute Gasteiger partial charge is 0.323 e. The Labute approximate surface area is 619 Å². The molecule has 0 bridgehead atoms. The van der Waals surface area contributed by atoms with Crippen molar-refractivity contribution in [3.8, 4) is 34.5 Å². The number of nitrogens with zero attached hydrogens (tertiary/aromatic N) is 3. The summed E-state index contributed by atoms with van der Waals surface area (Å²) in [5, 5.41) is 0. The van der Waals surface area contributed by atoms with Crippen molar-refractivity contribution in [2.45, 2.75) is 195 Å². The number of fused-ring (bicyclic) bond motifs is 9. The molecular formula is C72H114N6O12. The van der Waals surface area contributed by atoms with Gasteiger partial charge in [0.25, 0.3) is 0 Å². The summed E-state index contributed by atoms with van der Waals surface area (Å²) in [7, 11) is -2.28. The van der Waals surface area contributed by atoms with Crippen LogP contribution in [-0.4, -0.2) is 150 Å². The Balaban J connectivity index is 0.000000299. The van der Waals surface area contributed by atoms with Gasteiger partial charge in [0.1, 0.15) is 36.4 Å². The van der Waals surface area contributed by atoms with Crippen molar-refractivity contribution in [1.82, 2.24) is 14.7 Å². The molecule has 3 aromatic carbocycles. The Morgan fingerprint density at radius 1 is 0.478 bits per heavy atom. The fraction of sp³-hybridized carbons (Fsp3) is 0.708. The monoisotopic (exact) mass is 1310 g/mol. The number of aryl methyl sites for hydroxylation is 3. The summed E-state index contributed by atoms with van der Waals surface area (Å²) in [6, 6.07) is -12.7. The van der Waals surface area contributed by atoms with Crippen LogP contribution in [0.15, 0.2) is 36.4 Å². The molecule has 90 heavy (non-hydrogen) atoms. The summed E-state index contributed by atoms with van der Waals surface area (Å²) >= 11 is 0. The zero-order valence-corrected chi connectivity index (χ0v) is 51.4. The van der Waals surface area contributed by atoms with Crippen LogP contribution in [0, 0.1) is 53.1 Å². The standard InChI is InChI=1S/3C24H38N2O4/c3*1-14(2)9-17-13-26-8-7-16-10-21(28-5)22(29-6)11-18(16)19(26)12-20(17)30-24(27)23(25)15(3)4/h3*10-11,14-15,17,19-20,23H,7-9,12-13,25H2,1-6H3/t3*17?,19?,20?,23-/m000/s1/i2*1D3,5D3,7D2,8D2,9D2,12D2,13D2,14D,17D,19D,20D;1D3,7D2,8D2,9D2,12D2,13D2,14D,17D,19D,20D/t3*14?,17?,19?,20?,23-. The predicted octanol–water partition coefficient (Wildman–Crippen LogP) is 10.7. The van der Waals surface area contributed by atoms with Crippen LogP contribution in [0.25, 0.3) is 0 Å². The molecule has 6 heterocycles. The van der Waals surface area contributed by atoms with Crippen LogP contribution in [0.4, 0.5) is 0 Å². The van der Waals surface area contributed by atoms with Crippen LogP contribution >= 0.6 is 0 Å². The molecule has 0 saturated carbocycles. The van der Waals surface area contributed by atoms with E-state index in [-0.39, 0.29) is 11.5 Å². The molecule has 0 radical (unpaired) electrons. The highest BCUT2D eigenvalue weighted by Gasteiger charge is 2.45. The number of hydrogen-bond acceptors (Lipinski definition) is 18. The highest BCUT2D eigenvalue weighted by Crippen LogP contribution is 2.48. The molecule has 3 fully saturated rings. The van der Waals surface area contributed by atoms with Gasteiger partial charge in [-0.3, -0.25) is 29.1 Å². The zero-order valence-electron chi connectivity index (χ0n) is 108. The number of carbonyl (C=O) groups is 3. The zero-order chi connectivity index (χ0) is 116. The van der Waals surface area contributed by atoms with E-state index in [1.165, 1.54) is 41.5 Å². The lowest BCUT2D eigenvalue weighted by molar-refractivity contribution is -0.161. The Kier molecular flexibility index (Phi) is 9.80. The highest BCUT2D eigenvalue weighted by atomic mass is 16.6. The third-order valence-corrected chi connectivity index (χ3v) is 13.3. The van der Waals surface area contributed by atoms with Crippen molar-refractivity contribution in [3.05, 3.63) is 69.8 Å². The number of carbonyl (C=O) groups excluding carboxylic acids is 3. The van der Waals surface area contributed by atoms with Crippen molar-refractivity contribution in [1.29, 1.82) is 0 Å². The number of ether oxygens (including phenoxy) is 9. The molecule has 0 amide bonds. The van der Waals surface area contributed by atoms with E-state index < -0.39 is 327 Å². The Hall–Kier alpha value is -5.37. The van der Waals surface area contributed by atoms with E-state index in [2.05, 4.69) is 0 Å². The lowest BCUT2D eigenvalue weighted by Gasteiger charge is -2.47. The molecular weight excluding hydrogens is 1140 g/mol. The third kappa shape index (κ3) is 17.5. The first-order chi connectivity index (χ1) is 64.4. The molecule has 3 aromatic rings. The van der Waals surface area contributed by atoms with Crippen LogP contribution in [0.3, 0.4) is 0 Å². The number of benzene rings is 3. The molecule has 6 aliphatic rings. The number of esters is 3.